The average Bonchev–Trinajstić information content (AvgIpc) is 2.93. The molecular weight excluding hydrogens is 448 g/mol. The fraction of sp³-hybridized carbons (Fsp3) is 0.290. The predicted molar refractivity (Wildman–Crippen MR) is 147 cm³/mol. The Kier molecular flexibility index (Phi) is 7.76. The number of benzene rings is 3. The molecule has 1 fully saturated rings. The maximum atomic E-state index is 13.8. The van der Waals surface area contributed by atoms with Gasteiger partial charge in [-0.15, -0.1) is 0 Å². The summed E-state index contributed by atoms with van der Waals surface area (Å²) in [6.45, 7) is -0.918. The van der Waals surface area contributed by atoms with Gasteiger partial charge in [0.2, 0.25) is 5.91 Å². The Hall–Kier alpha value is -3.86. The van der Waals surface area contributed by atoms with Crippen molar-refractivity contribution in [2.24, 2.45) is 5.92 Å². The second kappa shape index (κ2) is 11.7. The van der Waals surface area contributed by atoms with Crippen LogP contribution >= 0.6 is 0 Å². The van der Waals surface area contributed by atoms with Crippen molar-refractivity contribution in [3.05, 3.63) is 90.0 Å². The van der Waals surface area contributed by atoms with E-state index in [4.69, 9.17) is 6.48 Å². The molecule has 0 aliphatic heterocycles. The zero-order valence-electron chi connectivity index (χ0n) is 21.9. The van der Waals surface area contributed by atoms with Gasteiger partial charge in [-0.05, 0) is 65.4 Å². The molecule has 1 atom stereocenters. The fourth-order valence-corrected chi connectivity index (χ4v) is 4.62. The molecule has 1 aliphatic rings. The van der Waals surface area contributed by atoms with E-state index in [1.165, 1.54) is 6.08 Å². The fourth-order valence-electron chi connectivity index (χ4n) is 4.62. The minimum Gasteiger partial charge on any atom is -0.478 e. The largest absolute Gasteiger partial charge is 0.478 e. The highest BCUT2D eigenvalue weighted by Gasteiger charge is 2.27. The third-order valence-corrected chi connectivity index (χ3v) is 6.66. The number of rotatable bonds is 8. The molecule has 0 heterocycles. The number of amides is 1. The lowest BCUT2D eigenvalue weighted by atomic mass is 9.88. The number of aliphatic carboxylic acids is 1. The first-order chi connectivity index (χ1) is 17.8. The van der Waals surface area contributed by atoms with E-state index in [-0.39, 0.29) is 11.8 Å². The van der Waals surface area contributed by atoms with Crippen molar-refractivity contribution in [3.8, 4) is 11.1 Å². The van der Waals surface area contributed by atoms with Gasteiger partial charge in [-0.2, -0.15) is 0 Å². The van der Waals surface area contributed by atoms with Gasteiger partial charge in [0.1, 0.15) is 0 Å². The summed E-state index contributed by atoms with van der Waals surface area (Å²) < 4.78 is 9.14. The molecule has 0 radical (unpaired) electrons. The van der Waals surface area contributed by atoms with Crippen LogP contribution in [0.1, 0.15) is 44.6 Å². The lowest BCUT2D eigenvalue weighted by Crippen LogP contribution is -2.36. The van der Waals surface area contributed by atoms with Gasteiger partial charge in [0.15, 0.2) is 0 Å². The van der Waals surface area contributed by atoms with Gasteiger partial charge in [0.05, 0.1) is 7.89 Å². The van der Waals surface area contributed by atoms with Gasteiger partial charge in [0, 0.05) is 37.5 Å². The van der Waals surface area contributed by atoms with Crippen LogP contribution in [0.2, 0.25) is 0 Å². The van der Waals surface area contributed by atoms with E-state index in [1.807, 2.05) is 44.4 Å². The molecule has 3 aromatic rings. The van der Waals surface area contributed by atoms with Gasteiger partial charge >= 0.3 is 5.97 Å². The standard InChI is InChI=1S/C31H34N2O3/c1-32(2)28-18-16-26(17-19-28)25-14-11-24(12-15-25)22-33(31(36)27-8-4-3-5-9-27)29-10-6-7-23(21-29)13-20-30(34)35/h6-7,10-21,27H,3-5,8-9,22H2,1-2H3,(H,34,35)/b20-13+/i22D. The first kappa shape index (κ1) is 23.9. The molecule has 1 amide bonds. The quantitative estimate of drug-likeness (QED) is 0.365. The topological polar surface area (TPSA) is 60.9 Å². The molecule has 0 bridgehead atoms. The molecule has 4 rings (SSSR count). The summed E-state index contributed by atoms with van der Waals surface area (Å²) in [5.41, 5.74) is 5.27. The van der Waals surface area contributed by atoms with Crippen LogP contribution < -0.4 is 9.80 Å². The van der Waals surface area contributed by atoms with Crippen molar-refractivity contribution in [1.82, 2.24) is 0 Å². The van der Waals surface area contributed by atoms with Crippen LogP contribution in [0.3, 0.4) is 0 Å². The predicted octanol–water partition coefficient (Wildman–Crippen LogP) is 6.63. The van der Waals surface area contributed by atoms with Crippen molar-refractivity contribution in [1.29, 1.82) is 0 Å². The van der Waals surface area contributed by atoms with Gasteiger partial charge in [-0.25, -0.2) is 4.79 Å². The highest BCUT2D eigenvalue weighted by molar-refractivity contribution is 5.95. The monoisotopic (exact) mass is 483 g/mol. The maximum absolute atomic E-state index is 13.8. The smallest absolute Gasteiger partial charge is 0.328 e. The molecule has 1 N–H and O–H groups in total. The van der Waals surface area contributed by atoms with Gasteiger partial charge < -0.3 is 14.9 Å². The second-order valence-electron chi connectivity index (χ2n) is 9.50. The molecule has 0 spiro atoms. The summed E-state index contributed by atoms with van der Waals surface area (Å²) >= 11 is 0. The minimum absolute atomic E-state index is 0.0394. The Morgan fingerprint density at radius 3 is 2.17 bits per heavy atom. The first-order valence-electron chi connectivity index (χ1n) is 13.1. The van der Waals surface area contributed by atoms with E-state index in [9.17, 15) is 9.59 Å². The number of nitrogens with zero attached hydrogens (tertiary/aromatic N) is 2. The molecule has 5 heteroatoms. The molecule has 0 saturated heterocycles. The zero-order chi connectivity index (χ0) is 26.4. The summed E-state index contributed by atoms with van der Waals surface area (Å²) in [5.74, 6) is -1.17. The molecule has 36 heavy (non-hydrogen) atoms. The number of carboxylic acids is 1. The third-order valence-electron chi connectivity index (χ3n) is 6.66. The number of anilines is 2. The molecule has 1 unspecified atom stereocenters. The number of hydrogen-bond acceptors (Lipinski definition) is 3. The van der Waals surface area contributed by atoms with E-state index in [1.54, 1.807) is 23.1 Å². The number of hydrogen-bond donors (Lipinski definition) is 1. The Bertz CT molecular complexity index is 1250. The normalized spacial score (nSPS) is 15.3. The molecule has 5 nitrogen and oxygen atoms in total. The van der Waals surface area contributed by atoms with E-state index in [0.717, 1.165) is 60.6 Å². The van der Waals surface area contributed by atoms with Crippen molar-refractivity contribution in [2.75, 3.05) is 23.9 Å². The number of carbonyl (C=O) groups is 2. The van der Waals surface area contributed by atoms with Crippen LogP contribution in [-0.2, 0) is 16.1 Å². The average molecular weight is 484 g/mol. The van der Waals surface area contributed by atoms with Crippen molar-refractivity contribution in [2.45, 2.75) is 38.6 Å². The molecule has 0 aromatic heterocycles. The van der Waals surface area contributed by atoms with E-state index in [0.29, 0.717) is 11.3 Å². The lowest BCUT2D eigenvalue weighted by Gasteiger charge is -2.30. The number of carboxylic acid groups (broad SMARTS) is 1. The van der Waals surface area contributed by atoms with E-state index >= 15 is 0 Å². The highest BCUT2D eigenvalue weighted by atomic mass is 16.4. The summed E-state index contributed by atoms with van der Waals surface area (Å²) in [6.07, 6.45) is 7.44. The van der Waals surface area contributed by atoms with E-state index in [2.05, 4.69) is 29.2 Å². The molecule has 1 saturated carbocycles. The summed E-state index contributed by atoms with van der Waals surface area (Å²) in [5, 5.41) is 9.01. The van der Waals surface area contributed by atoms with Crippen molar-refractivity contribution in [3.63, 3.8) is 0 Å². The first-order valence-corrected chi connectivity index (χ1v) is 12.5. The van der Waals surface area contributed by atoms with Crippen molar-refractivity contribution < 1.29 is 16.1 Å². The van der Waals surface area contributed by atoms with Crippen LogP contribution in [0, 0.1) is 5.92 Å². The van der Waals surface area contributed by atoms with Gasteiger partial charge in [0.25, 0.3) is 0 Å². The molecular formula is C31H34N2O3. The minimum atomic E-state index is -1.03. The Morgan fingerprint density at radius 2 is 1.56 bits per heavy atom. The molecule has 3 aromatic carbocycles. The third kappa shape index (κ3) is 6.42. The van der Waals surface area contributed by atoms with Crippen molar-refractivity contribution >= 4 is 29.3 Å². The summed E-state index contributed by atoms with van der Waals surface area (Å²) in [6, 6.07) is 23.3. The Morgan fingerprint density at radius 1 is 0.917 bits per heavy atom. The lowest BCUT2D eigenvalue weighted by molar-refractivity contribution is -0.131. The van der Waals surface area contributed by atoms with Crippen LogP contribution in [-0.4, -0.2) is 31.1 Å². The van der Waals surface area contributed by atoms with Crippen LogP contribution in [0.4, 0.5) is 11.4 Å². The van der Waals surface area contributed by atoms with Crippen LogP contribution in [0.5, 0.6) is 0 Å². The number of carbonyl (C=O) groups excluding carboxylic acids is 1. The van der Waals surface area contributed by atoms with Gasteiger partial charge in [-0.3, -0.25) is 4.79 Å². The Balaban J connectivity index is 1.64. The van der Waals surface area contributed by atoms with Crippen LogP contribution in [0.25, 0.3) is 17.2 Å². The van der Waals surface area contributed by atoms with Gasteiger partial charge in [-0.1, -0.05) is 67.8 Å². The molecule has 1 aliphatic carbocycles. The SMILES string of the molecule is [2H]C(c1ccc(-c2ccc(N(C)C)cc2)cc1)N(C(=O)C1CCCCC1)c1cccc(/C=C/C(=O)O)c1. The highest BCUT2D eigenvalue weighted by Crippen LogP contribution is 2.30. The van der Waals surface area contributed by atoms with E-state index < -0.39 is 12.5 Å². The Labute approximate surface area is 215 Å². The zero-order valence-corrected chi connectivity index (χ0v) is 20.9. The molecule has 186 valence electrons. The maximum Gasteiger partial charge on any atom is 0.328 e. The second-order valence-corrected chi connectivity index (χ2v) is 9.50. The summed E-state index contributed by atoms with van der Waals surface area (Å²) in [7, 11) is 4.02. The van der Waals surface area contributed by atoms with Crippen LogP contribution in [0.15, 0.2) is 78.9 Å². The summed E-state index contributed by atoms with van der Waals surface area (Å²) in [4.78, 5) is 28.4.